The molecule has 0 saturated carbocycles. The molecule has 1 aliphatic rings. The number of rotatable bonds is 4. The highest BCUT2D eigenvalue weighted by Gasteiger charge is 2.18. The number of hydrogen-bond donors (Lipinski definition) is 1. The van der Waals surface area contributed by atoms with Crippen LogP contribution in [-0.2, 0) is 4.79 Å². The van der Waals surface area contributed by atoms with Crippen molar-refractivity contribution >= 4 is 12.5 Å². The number of nitrogens with zero attached hydrogens (tertiary/aromatic N) is 1. The Balaban J connectivity index is 1.88. The Hall–Kier alpha value is -1.61. The Bertz CT molecular complexity index is 375. The van der Waals surface area contributed by atoms with Gasteiger partial charge in [-0.05, 0) is 12.0 Å². The van der Waals surface area contributed by atoms with Gasteiger partial charge in [-0.2, -0.15) is 0 Å². The third-order valence-electron chi connectivity index (χ3n) is 3.05. The van der Waals surface area contributed by atoms with Crippen molar-refractivity contribution < 1.29 is 4.79 Å². The zero-order chi connectivity index (χ0) is 11.9. The maximum Gasteiger partial charge on any atom is 0.210 e. The predicted molar refractivity (Wildman–Crippen MR) is 69.5 cm³/mol. The van der Waals surface area contributed by atoms with Gasteiger partial charge in [0.15, 0.2) is 0 Å². The molecule has 17 heavy (non-hydrogen) atoms. The Morgan fingerprint density at radius 2 is 2.18 bits per heavy atom. The second-order valence-electron chi connectivity index (χ2n) is 4.25. The van der Waals surface area contributed by atoms with E-state index in [-0.39, 0.29) is 0 Å². The highest BCUT2D eigenvalue weighted by molar-refractivity contribution is 5.50. The standard InChI is InChI=1S/C14H18N2O/c17-12-16-10-9-15-11-14(16)8-4-7-13-5-2-1-3-6-13/h1-7,12,14-15H,8-11H2. The van der Waals surface area contributed by atoms with Gasteiger partial charge in [-0.3, -0.25) is 4.79 Å². The Kier molecular flexibility index (Phi) is 4.33. The van der Waals surface area contributed by atoms with E-state index in [1.54, 1.807) is 0 Å². The van der Waals surface area contributed by atoms with Gasteiger partial charge in [-0.1, -0.05) is 42.5 Å². The summed E-state index contributed by atoms with van der Waals surface area (Å²) >= 11 is 0. The molecular formula is C14H18N2O. The van der Waals surface area contributed by atoms with E-state index in [4.69, 9.17) is 0 Å². The summed E-state index contributed by atoms with van der Waals surface area (Å²) in [5.41, 5.74) is 1.20. The normalized spacial score (nSPS) is 20.7. The van der Waals surface area contributed by atoms with Crippen LogP contribution in [0, 0.1) is 0 Å². The first-order valence-electron chi connectivity index (χ1n) is 6.03. The van der Waals surface area contributed by atoms with Crippen molar-refractivity contribution in [2.24, 2.45) is 0 Å². The average Bonchev–Trinajstić information content (AvgIpc) is 2.40. The van der Waals surface area contributed by atoms with Gasteiger partial charge < -0.3 is 10.2 Å². The molecule has 0 spiro atoms. The van der Waals surface area contributed by atoms with Crippen molar-refractivity contribution in [3.8, 4) is 0 Å². The minimum Gasteiger partial charge on any atom is -0.339 e. The monoisotopic (exact) mass is 230 g/mol. The summed E-state index contributed by atoms with van der Waals surface area (Å²) in [5, 5.41) is 3.31. The maximum atomic E-state index is 10.9. The first-order valence-corrected chi connectivity index (χ1v) is 6.03. The number of hydrogen-bond acceptors (Lipinski definition) is 2. The highest BCUT2D eigenvalue weighted by Crippen LogP contribution is 2.08. The van der Waals surface area contributed by atoms with Gasteiger partial charge in [-0.15, -0.1) is 0 Å². The second kappa shape index (κ2) is 6.21. The van der Waals surface area contributed by atoms with Crippen molar-refractivity contribution in [1.29, 1.82) is 0 Å². The maximum absolute atomic E-state index is 10.9. The highest BCUT2D eigenvalue weighted by atomic mass is 16.1. The van der Waals surface area contributed by atoms with E-state index < -0.39 is 0 Å². The molecule has 1 unspecified atom stereocenters. The van der Waals surface area contributed by atoms with Crippen molar-refractivity contribution in [3.05, 3.63) is 42.0 Å². The second-order valence-corrected chi connectivity index (χ2v) is 4.25. The van der Waals surface area contributed by atoms with E-state index in [0.717, 1.165) is 32.5 Å². The fourth-order valence-electron chi connectivity index (χ4n) is 2.06. The SMILES string of the molecule is O=CN1CCNCC1CC=Cc1ccccc1. The molecule has 1 atom stereocenters. The van der Waals surface area contributed by atoms with Crippen LogP contribution in [-0.4, -0.2) is 37.0 Å². The topological polar surface area (TPSA) is 32.3 Å². The first kappa shape index (κ1) is 11.9. The van der Waals surface area contributed by atoms with Gasteiger partial charge in [0.1, 0.15) is 0 Å². The minimum absolute atomic E-state index is 0.293. The molecule has 2 rings (SSSR count). The lowest BCUT2D eigenvalue weighted by atomic mass is 10.1. The van der Waals surface area contributed by atoms with Crippen LogP contribution in [0.2, 0.25) is 0 Å². The molecular weight excluding hydrogens is 212 g/mol. The molecule has 0 aromatic heterocycles. The van der Waals surface area contributed by atoms with Crippen LogP contribution < -0.4 is 5.32 Å². The largest absolute Gasteiger partial charge is 0.339 e. The first-order chi connectivity index (χ1) is 8.40. The number of carbonyl (C=O) groups is 1. The van der Waals surface area contributed by atoms with Gasteiger partial charge >= 0.3 is 0 Å². The molecule has 1 aromatic rings. The Labute approximate surface area is 102 Å². The van der Waals surface area contributed by atoms with Crippen molar-refractivity contribution in [3.63, 3.8) is 0 Å². The summed E-state index contributed by atoms with van der Waals surface area (Å²) in [5.74, 6) is 0. The lowest BCUT2D eigenvalue weighted by molar-refractivity contribution is -0.120. The number of benzene rings is 1. The summed E-state index contributed by atoms with van der Waals surface area (Å²) in [6.45, 7) is 2.60. The van der Waals surface area contributed by atoms with Gasteiger partial charge in [0.25, 0.3) is 0 Å². The van der Waals surface area contributed by atoms with Crippen molar-refractivity contribution in [1.82, 2.24) is 10.2 Å². The van der Waals surface area contributed by atoms with Crippen LogP contribution in [0.4, 0.5) is 0 Å². The molecule has 0 aliphatic carbocycles. The lowest BCUT2D eigenvalue weighted by Gasteiger charge is -2.32. The van der Waals surface area contributed by atoms with Crippen LogP contribution >= 0.6 is 0 Å². The molecule has 1 aromatic carbocycles. The molecule has 1 amide bonds. The lowest BCUT2D eigenvalue weighted by Crippen LogP contribution is -2.50. The number of nitrogens with one attached hydrogen (secondary N) is 1. The van der Waals surface area contributed by atoms with Crippen molar-refractivity contribution in [2.45, 2.75) is 12.5 Å². The summed E-state index contributed by atoms with van der Waals surface area (Å²) in [6, 6.07) is 10.5. The smallest absolute Gasteiger partial charge is 0.210 e. The quantitative estimate of drug-likeness (QED) is 0.795. The van der Waals surface area contributed by atoms with Crippen LogP contribution in [0.25, 0.3) is 6.08 Å². The van der Waals surface area contributed by atoms with Crippen molar-refractivity contribution in [2.75, 3.05) is 19.6 Å². The Morgan fingerprint density at radius 1 is 1.35 bits per heavy atom. The third-order valence-corrected chi connectivity index (χ3v) is 3.05. The molecule has 1 fully saturated rings. The van der Waals surface area contributed by atoms with E-state index >= 15 is 0 Å². The average molecular weight is 230 g/mol. The number of amides is 1. The van der Waals surface area contributed by atoms with E-state index in [1.165, 1.54) is 5.56 Å². The van der Waals surface area contributed by atoms with E-state index in [2.05, 4.69) is 29.6 Å². The molecule has 1 saturated heterocycles. The van der Waals surface area contributed by atoms with Gasteiger partial charge in [0.05, 0.1) is 0 Å². The van der Waals surface area contributed by atoms with Crippen LogP contribution in [0.5, 0.6) is 0 Å². The van der Waals surface area contributed by atoms with E-state index in [9.17, 15) is 4.79 Å². The molecule has 0 radical (unpaired) electrons. The molecule has 3 heteroatoms. The molecule has 3 nitrogen and oxygen atoms in total. The summed E-state index contributed by atoms with van der Waals surface area (Å²) in [4.78, 5) is 12.8. The zero-order valence-corrected chi connectivity index (χ0v) is 9.88. The molecule has 0 bridgehead atoms. The fraction of sp³-hybridized carbons (Fsp3) is 0.357. The third kappa shape index (κ3) is 3.43. The van der Waals surface area contributed by atoms with E-state index in [0.29, 0.717) is 6.04 Å². The predicted octanol–water partition coefficient (Wildman–Crippen LogP) is 1.52. The van der Waals surface area contributed by atoms with Gasteiger partial charge in [-0.25, -0.2) is 0 Å². The molecule has 1 aliphatic heterocycles. The molecule has 90 valence electrons. The summed E-state index contributed by atoms with van der Waals surface area (Å²) < 4.78 is 0. The van der Waals surface area contributed by atoms with Crippen LogP contribution in [0.1, 0.15) is 12.0 Å². The molecule has 1 N–H and O–H groups in total. The molecule has 1 heterocycles. The Morgan fingerprint density at radius 3 is 2.94 bits per heavy atom. The van der Waals surface area contributed by atoms with Crippen LogP contribution in [0.3, 0.4) is 0 Å². The van der Waals surface area contributed by atoms with Gasteiger partial charge in [0, 0.05) is 25.7 Å². The number of carbonyl (C=O) groups excluding carboxylic acids is 1. The number of piperazine rings is 1. The van der Waals surface area contributed by atoms with E-state index in [1.807, 2.05) is 23.1 Å². The summed E-state index contributed by atoms with van der Waals surface area (Å²) in [7, 11) is 0. The zero-order valence-electron chi connectivity index (χ0n) is 9.88. The summed E-state index contributed by atoms with van der Waals surface area (Å²) in [6.07, 6.45) is 6.11. The van der Waals surface area contributed by atoms with Crippen LogP contribution in [0.15, 0.2) is 36.4 Å². The minimum atomic E-state index is 0.293. The fourth-order valence-corrected chi connectivity index (χ4v) is 2.06. The van der Waals surface area contributed by atoms with Gasteiger partial charge in [0.2, 0.25) is 6.41 Å².